The lowest BCUT2D eigenvalue weighted by Gasteiger charge is -2.15. The van der Waals surface area contributed by atoms with Gasteiger partial charge in [0.05, 0.1) is 24.6 Å². The molecule has 2 aromatic rings. The number of methoxy groups -OCH3 is 1. The van der Waals surface area contributed by atoms with Crippen LogP contribution in [0.2, 0.25) is 0 Å². The van der Waals surface area contributed by atoms with Gasteiger partial charge in [0.25, 0.3) is 0 Å². The summed E-state index contributed by atoms with van der Waals surface area (Å²) in [5, 5.41) is 0. The molecule has 2 N–H and O–H groups in total. The molecule has 1 aliphatic rings. The van der Waals surface area contributed by atoms with Gasteiger partial charge in [0.1, 0.15) is 5.82 Å². The zero-order valence-corrected chi connectivity index (χ0v) is 11.6. The number of imidazole rings is 1. The molecule has 5 nitrogen and oxygen atoms in total. The first kappa shape index (κ1) is 13.1. The van der Waals surface area contributed by atoms with Gasteiger partial charge >= 0.3 is 0 Å². The van der Waals surface area contributed by atoms with Gasteiger partial charge in [-0.15, -0.1) is 0 Å². The molecule has 1 aromatic heterocycles. The molecule has 0 bridgehead atoms. The van der Waals surface area contributed by atoms with Crippen LogP contribution in [0.5, 0.6) is 0 Å². The van der Waals surface area contributed by atoms with Crippen molar-refractivity contribution in [2.75, 3.05) is 26.1 Å². The first-order valence-corrected chi connectivity index (χ1v) is 6.78. The van der Waals surface area contributed by atoms with Crippen LogP contribution in [0.25, 0.3) is 5.69 Å². The average Bonchev–Trinajstić information content (AvgIpc) is 3.10. The van der Waals surface area contributed by atoms with Crippen molar-refractivity contribution in [2.24, 2.45) is 0 Å². The summed E-state index contributed by atoms with van der Waals surface area (Å²) >= 11 is 0. The van der Waals surface area contributed by atoms with Crippen LogP contribution in [-0.2, 0) is 16.1 Å². The molecule has 1 aromatic carbocycles. The molecule has 1 fully saturated rings. The van der Waals surface area contributed by atoms with Gasteiger partial charge < -0.3 is 19.8 Å². The number of hydrogen-bond donors (Lipinski definition) is 1. The number of rotatable bonds is 4. The van der Waals surface area contributed by atoms with E-state index in [2.05, 4.69) is 15.6 Å². The van der Waals surface area contributed by atoms with E-state index in [4.69, 9.17) is 15.2 Å². The molecule has 2 heterocycles. The Bertz CT molecular complexity index is 589. The summed E-state index contributed by atoms with van der Waals surface area (Å²) in [7, 11) is 1.69. The molecule has 0 spiro atoms. The van der Waals surface area contributed by atoms with E-state index < -0.39 is 0 Å². The van der Waals surface area contributed by atoms with Crippen molar-refractivity contribution < 1.29 is 9.47 Å². The third-order valence-electron chi connectivity index (χ3n) is 3.63. The van der Waals surface area contributed by atoms with Gasteiger partial charge in [-0.25, -0.2) is 4.98 Å². The monoisotopic (exact) mass is 273 g/mol. The third-order valence-corrected chi connectivity index (χ3v) is 3.63. The Morgan fingerprint density at radius 3 is 3.15 bits per heavy atom. The smallest absolute Gasteiger partial charge is 0.118 e. The Morgan fingerprint density at radius 2 is 2.40 bits per heavy atom. The number of anilines is 1. The Balaban J connectivity index is 2.00. The molecule has 106 valence electrons. The van der Waals surface area contributed by atoms with Crippen LogP contribution in [0.4, 0.5) is 5.69 Å². The van der Waals surface area contributed by atoms with E-state index in [1.807, 2.05) is 24.5 Å². The topological polar surface area (TPSA) is 62.3 Å². The quantitative estimate of drug-likeness (QED) is 0.867. The van der Waals surface area contributed by atoms with Crippen LogP contribution < -0.4 is 5.73 Å². The minimum Gasteiger partial charge on any atom is -0.397 e. The van der Waals surface area contributed by atoms with Gasteiger partial charge in [-0.05, 0) is 24.1 Å². The molecule has 0 radical (unpaired) electrons. The summed E-state index contributed by atoms with van der Waals surface area (Å²) in [5.41, 5.74) is 8.92. The van der Waals surface area contributed by atoms with Crippen molar-refractivity contribution in [2.45, 2.75) is 18.9 Å². The number of nitrogens with two attached hydrogens (primary N) is 1. The Morgan fingerprint density at radius 1 is 1.50 bits per heavy atom. The van der Waals surface area contributed by atoms with Crippen molar-refractivity contribution in [1.29, 1.82) is 0 Å². The largest absolute Gasteiger partial charge is 0.397 e. The zero-order valence-electron chi connectivity index (χ0n) is 11.6. The van der Waals surface area contributed by atoms with E-state index in [1.54, 1.807) is 7.11 Å². The highest BCUT2D eigenvalue weighted by Crippen LogP contribution is 2.28. The second kappa shape index (κ2) is 5.64. The standard InChI is InChI=1S/C15H19N3O2/c1-19-9-11-2-3-13(16)14(8-11)18-6-5-17-15(18)12-4-7-20-10-12/h2-3,5-6,8,12H,4,7,9-10,16H2,1H3. The summed E-state index contributed by atoms with van der Waals surface area (Å²) in [6.45, 7) is 2.11. The van der Waals surface area contributed by atoms with E-state index in [0.29, 0.717) is 12.5 Å². The SMILES string of the molecule is COCc1ccc(N)c(-n2ccnc2C2CCOC2)c1. The van der Waals surface area contributed by atoms with Gasteiger partial charge in [0.2, 0.25) is 0 Å². The van der Waals surface area contributed by atoms with E-state index in [-0.39, 0.29) is 0 Å². The number of benzene rings is 1. The normalized spacial score (nSPS) is 18.6. The van der Waals surface area contributed by atoms with Crippen LogP contribution in [0, 0.1) is 0 Å². The highest BCUT2D eigenvalue weighted by Gasteiger charge is 2.23. The molecule has 20 heavy (non-hydrogen) atoms. The minimum absolute atomic E-state index is 0.343. The molecule has 1 unspecified atom stereocenters. The number of nitrogen functional groups attached to an aromatic ring is 1. The fourth-order valence-corrected chi connectivity index (χ4v) is 2.61. The van der Waals surface area contributed by atoms with Crippen LogP contribution >= 0.6 is 0 Å². The molecule has 1 aliphatic heterocycles. The maximum absolute atomic E-state index is 6.12. The van der Waals surface area contributed by atoms with Crippen LogP contribution in [-0.4, -0.2) is 29.9 Å². The number of ether oxygens (including phenoxy) is 2. The van der Waals surface area contributed by atoms with Crippen molar-refractivity contribution in [3.63, 3.8) is 0 Å². The van der Waals surface area contributed by atoms with E-state index in [9.17, 15) is 0 Å². The molecule has 0 aliphatic carbocycles. The Kier molecular flexibility index (Phi) is 3.71. The van der Waals surface area contributed by atoms with Crippen LogP contribution in [0.1, 0.15) is 23.7 Å². The fourth-order valence-electron chi connectivity index (χ4n) is 2.61. The highest BCUT2D eigenvalue weighted by molar-refractivity contribution is 5.59. The summed E-state index contributed by atoms with van der Waals surface area (Å²) in [6.07, 6.45) is 4.78. The lowest BCUT2D eigenvalue weighted by atomic mass is 10.1. The maximum Gasteiger partial charge on any atom is 0.118 e. The van der Waals surface area contributed by atoms with Crippen LogP contribution in [0.15, 0.2) is 30.6 Å². The first-order valence-electron chi connectivity index (χ1n) is 6.78. The summed E-state index contributed by atoms with van der Waals surface area (Å²) in [5.74, 6) is 1.36. The van der Waals surface area contributed by atoms with E-state index in [0.717, 1.165) is 42.4 Å². The average molecular weight is 273 g/mol. The van der Waals surface area contributed by atoms with E-state index >= 15 is 0 Å². The van der Waals surface area contributed by atoms with Crippen molar-refractivity contribution in [3.05, 3.63) is 42.0 Å². The molecule has 5 heteroatoms. The Labute approximate surface area is 118 Å². The van der Waals surface area contributed by atoms with Gasteiger partial charge in [0, 0.05) is 32.0 Å². The molecule has 1 atom stereocenters. The summed E-state index contributed by atoms with van der Waals surface area (Å²) in [6, 6.07) is 5.95. The second-order valence-corrected chi connectivity index (χ2v) is 5.04. The molecule has 3 rings (SSSR count). The first-order chi connectivity index (χ1) is 9.79. The third kappa shape index (κ3) is 2.42. The lowest BCUT2D eigenvalue weighted by Crippen LogP contribution is -2.09. The van der Waals surface area contributed by atoms with Gasteiger partial charge in [-0.1, -0.05) is 6.07 Å². The molecular weight excluding hydrogens is 254 g/mol. The molecular formula is C15H19N3O2. The lowest BCUT2D eigenvalue weighted by molar-refractivity contribution is 0.185. The predicted octanol–water partition coefficient (Wildman–Crippen LogP) is 2.10. The minimum atomic E-state index is 0.343. The van der Waals surface area contributed by atoms with Gasteiger partial charge in [-0.2, -0.15) is 0 Å². The van der Waals surface area contributed by atoms with Crippen molar-refractivity contribution >= 4 is 5.69 Å². The second-order valence-electron chi connectivity index (χ2n) is 5.04. The zero-order chi connectivity index (χ0) is 13.9. The maximum atomic E-state index is 6.12. The number of aromatic nitrogens is 2. The number of nitrogens with zero attached hydrogens (tertiary/aromatic N) is 2. The number of hydrogen-bond acceptors (Lipinski definition) is 4. The molecule has 1 saturated heterocycles. The van der Waals surface area contributed by atoms with Gasteiger partial charge in [0.15, 0.2) is 0 Å². The van der Waals surface area contributed by atoms with Gasteiger partial charge in [-0.3, -0.25) is 0 Å². The predicted molar refractivity (Wildman–Crippen MR) is 76.9 cm³/mol. The molecule has 0 saturated carbocycles. The van der Waals surface area contributed by atoms with Crippen molar-refractivity contribution in [1.82, 2.24) is 9.55 Å². The fraction of sp³-hybridized carbons (Fsp3) is 0.400. The van der Waals surface area contributed by atoms with Crippen molar-refractivity contribution in [3.8, 4) is 5.69 Å². The molecule has 0 amide bonds. The Hall–Kier alpha value is -1.85. The summed E-state index contributed by atoms with van der Waals surface area (Å²) in [4.78, 5) is 4.49. The van der Waals surface area contributed by atoms with E-state index in [1.165, 1.54) is 0 Å². The summed E-state index contributed by atoms with van der Waals surface area (Å²) < 4.78 is 12.7. The van der Waals surface area contributed by atoms with Crippen LogP contribution in [0.3, 0.4) is 0 Å². The highest BCUT2D eigenvalue weighted by atomic mass is 16.5.